The molecule has 0 unspecified atom stereocenters. The Morgan fingerprint density at radius 2 is 1.90 bits per heavy atom. The van der Waals surface area contributed by atoms with Crippen LogP contribution in [0.25, 0.3) is 0 Å². The monoisotopic (exact) mass is 285 g/mol. The van der Waals surface area contributed by atoms with Gasteiger partial charge in [0.2, 0.25) is 0 Å². The van der Waals surface area contributed by atoms with Gasteiger partial charge in [-0.15, -0.1) is 0 Å². The van der Waals surface area contributed by atoms with Gasteiger partial charge in [0.1, 0.15) is 0 Å². The lowest BCUT2D eigenvalue weighted by Crippen LogP contribution is -2.47. The van der Waals surface area contributed by atoms with E-state index in [9.17, 15) is 0 Å². The maximum Gasteiger partial charge on any atom is 0.0312 e. The van der Waals surface area contributed by atoms with E-state index in [0.29, 0.717) is 17.4 Å². The Morgan fingerprint density at radius 3 is 2.52 bits per heavy atom. The molecule has 1 aromatic carbocycles. The van der Waals surface area contributed by atoms with Crippen molar-refractivity contribution in [2.75, 3.05) is 26.2 Å². The smallest absolute Gasteiger partial charge is 0.0312 e. The first kappa shape index (κ1) is 13.7. The third-order valence-corrected chi connectivity index (χ3v) is 6.03. The number of nitrogens with zero attached hydrogens (tertiary/aromatic N) is 1. The van der Waals surface area contributed by atoms with Crippen LogP contribution >= 0.6 is 0 Å². The number of fused-ring (bicyclic) bond motifs is 2. The number of rotatable bonds is 4. The van der Waals surface area contributed by atoms with Gasteiger partial charge in [0.25, 0.3) is 0 Å². The SMILES string of the molecule is NC[C@@H]1CN(CC23CCC(CC2)N3)C[C@H]1c1ccccc1. The van der Waals surface area contributed by atoms with E-state index in [2.05, 4.69) is 40.5 Å². The topological polar surface area (TPSA) is 41.3 Å². The molecule has 3 N–H and O–H groups in total. The summed E-state index contributed by atoms with van der Waals surface area (Å²) < 4.78 is 0. The third kappa shape index (κ3) is 2.52. The van der Waals surface area contributed by atoms with Gasteiger partial charge in [-0.1, -0.05) is 30.3 Å². The van der Waals surface area contributed by atoms with Gasteiger partial charge in [-0.2, -0.15) is 0 Å². The van der Waals surface area contributed by atoms with Gasteiger partial charge < -0.3 is 16.0 Å². The minimum absolute atomic E-state index is 0.426. The van der Waals surface area contributed by atoms with Crippen molar-refractivity contribution in [2.24, 2.45) is 11.7 Å². The van der Waals surface area contributed by atoms with Gasteiger partial charge >= 0.3 is 0 Å². The lowest BCUT2D eigenvalue weighted by atomic mass is 9.87. The number of nitrogens with one attached hydrogen (secondary N) is 1. The van der Waals surface area contributed by atoms with E-state index in [1.807, 2.05) is 0 Å². The molecule has 3 heterocycles. The lowest BCUT2D eigenvalue weighted by Gasteiger charge is -2.31. The van der Waals surface area contributed by atoms with E-state index in [1.54, 1.807) is 0 Å². The van der Waals surface area contributed by atoms with Crippen molar-refractivity contribution < 1.29 is 0 Å². The van der Waals surface area contributed by atoms with Gasteiger partial charge in [-0.3, -0.25) is 0 Å². The van der Waals surface area contributed by atoms with Crippen molar-refractivity contribution >= 4 is 0 Å². The molecule has 4 rings (SSSR count). The first-order valence-corrected chi connectivity index (χ1v) is 8.53. The van der Waals surface area contributed by atoms with Crippen LogP contribution in [0.1, 0.15) is 37.2 Å². The molecule has 114 valence electrons. The maximum atomic E-state index is 6.06. The molecule has 3 fully saturated rings. The Kier molecular flexibility index (Phi) is 3.52. The van der Waals surface area contributed by atoms with E-state index in [0.717, 1.165) is 12.6 Å². The molecule has 21 heavy (non-hydrogen) atoms. The molecule has 0 spiro atoms. The van der Waals surface area contributed by atoms with Crippen LogP contribution in [0.15, 0.2) is 30.3 Å². The van der Waals surface area contributed by atoms with E-state index >= 15 is 0 Å². The highest BCUT2D eigenvalue weighted by Crippen LogP contribution is 2.40. The summed E-state index contributed by atoms with van der Waals surface area (Å²) in [6, 6.07) is 11.8. The average molecular weight is 285 g/mol. The van der Waals surface area contributed by atoms with E-state index in [-0.39, 0.29) is 0 Å². The fourth-order valence-corrected chi connectivity index (χ4v) is 4.93. The Balaban J connectivity index is 1.46. The van der Waals surface area contributed by atoms with Crippen LogP contribution in [0, 0.1) is 5.92 Å². The number of nitrogens with two attached hydrogens (primary N) is 1. The van der Waals surface area contributed by atoms with Crippen LogP contribution in [0.3, 0.4) is 0 Å². The van der Waals surface area contributed by atoms with Gasteiger partial charge in [-0.05, 0) is 43.7 Å². The second kappa shape index (κ2) is 5.38. The van der Waals surface area contributed by atoms with Gasteiger partial charge in [0, 0.05) is 37.1 Å². The highest BCUT2D eigenvalue weighted by atomic mass is 15.2. The predicted octanol–water partition coefficient (Wildman–Crippen LogP) is 1.95. The molecule has 3 aliphatic heterocycles. The van der Waals surface area contributed by atoms with Crippen molar-refractivity contribution in [3.63, 3.8) is 0 Å². The second-order valence-corrected chi connectivity index (χ2v) is 7.41. The van der Waals surface area contributed by atoms with E-state index in [1.165, 1.54) is 50.9 Å². The largest absolute Gasteiger partial charge is 0.330 e. The summed E-state index contributed by atoms with van der Waals surface area (Å²) in [6.07, 6.45) is 5.52. The number of likely N-dealkylation sites (tertiary alicyclic amines) is 1. The summed E-state index contributed by atoms with van der Waals surface area (Å²) in [5, 5.41) is 3.88. The Bertz CT molecular complexity index is 478. The Labute approximate surface area is 127 Å². The van der Waals surface area contributed by atoms with Crippen LogP contribution in [0.2, 0.25) is 0 Å². The van der Waals surface area contributed by atoms with Crippen molar-refractivity contribution in [1.82, 2.24) is 10.2 Å². The van der Waals surface area contributed by atoms with Gasteiger partial charge in [-0.25, -0.2) is 0 Å². The average Bonchev–Trinajstić information content (AvgIpc) is 3.22. The van der Waals surface area contributed by atoms with Gasteiger partial charge in [0.05, 0.1) is 0 Å². The molecule has 0 amide bonds. The molecule has 2 atom stereocenters. The molecule has 0 aliphatic carbocycles. The molecule has 2 bridgehead atoms. The third-order valence-electron chi connectivity index (χ3n) is 6.03. The molecule has 0 saturated carbocycles. The zero-order valence-electron chi connectivity index (χ0n) is 12.8. The molecule has 3 saturated heterocycles. The minimum atomic E-state index is 0.426. The summed E-state index contributed by atoms with van der Waals surface area (Å²) in [5.41, 5.74) is 7.96. The molecular formula is C18H27N3. The number of benzene rings is 1. The number of hydrogen-bond donors (Lipinski definition) is 2. The standard InChI is InChI=1S/C18H27N3/c19-10-15-11-21(12-17(15)14-4-2-1-3-5-14)13-18-8-6-16(20-18)7-9-18/h1-5,15-17,20H,6-13,19H2/t15-,16?,17+,18?/m1/s1. The van der Waals surface area contributed by atoms with Crippen LogP contribution in [0.4, 0.5) is 0 Å². The molecule has 3 aliphatic rings. The molecular weight excluding hydrogens is 258 g/mol. The molecule has 0 aromatic heterocycles. The molecule has 3 heteroatoms. The highest BCUT2D eigenvalue weighted by molar-refractivity contribution is 5.23. The highest BCUT2D eigenvalue weighted by Gasteiger charge is 2.46. The first-order chi connectivity index (χ1) is 10.3. The maximum absolute atomic E-state index is 6.06. The minimum Gasteiger partial charge on any atom is -0.330 e. The van der Waals surface area contributed by atoms with E-state index < -0.39 is 0 Å². The molecule has 3 nitrogen and oxygen atoms in total. The predicted molar refractivity (Wildman–Crippen MR) is 86.3 cm³/mol. The van der Waals surface area contributed by atoms with Crippen molar-refractivity contribution in [1.29, 1.82) is 0 Å². The van der Waals surface area contributed by atoms with Crippen LogP contribution in [-0.2, 0) is 0 Å². The summed E-state index contributed by atoms with van der Waals surface area (Å²) in [6.45, 7) is 4.38. The Morgan fingerprint density at radius 1 is 1.14 bits per heavy atom. The van der Waals surface area contributed by atoms with Crippen LogP contribution in [0.5, 0.6) is 0 Å². The summed E-state index contributed by atoms with van der Waals surface area (Å²) in [4.78, 5) is 2.68. The molecule has 0 radical (unpaired) electrons. The number of hydrogen-bond acceptors (Lipinski definition) is 3. The normalized spacial score (nSPS) is 39.2. The fraction of sp³-hybridized carbons (Fsp3) is 0.667. The van der Waals surface area contributed by atoms with Crippen LogP contribution < -0.4 is 11.1 Å². The van der Waals surface area contributed by atoms with Crippen LogP contribution in [-0.4, -0.2) is 42.7 Å². The summed E-state index contributed by atoms with van der Waals surface area (Å²) in [7, 11) is 0. The van der Waals surface area contributed by atoms with Crippen molar-refractivity contribution in [2.45, 2.75) is 43.2 Å². The summed E-state index contributed by atoms with van der Waals surface area (Å²) in [5.74, 6) is 1.23. The first-order valence-electron chi connectivity index (χ1n) is 8.53. The molecule has 1 aromatic rings. The lowest BCUT2D eigenvalue weighted by molar-refractivity contribution is 0.223. The van der Waals surface area contributed by atoms with E-state index in [4.69, 9.17) is 5.73 Å². The second-order valence-electron chi connectivity index (χ2n) is 7.41. The Hall–Kier alpha value is -0.900. The zero-order valence-corrected chi connectivity index (χ0v) is 12.8. The van der Waals surface area contributed by atoms with Crippen molar-refractivity contribution in [3.8, 4) is 0 Å². The fourth-order valence-electron chi connectivity index (χ4n) is 4.93. The quantitative estimate of drug-likeness (QED) is 0.888. The zero-order chi connectivity index (χ0) is 14.3. The van der Waals surface area contributed by atoms with Crippen molar-refractivity contribution in [3.05, 3.63) is 35.9 Å². The summed E-state index contributed by atoms with van der Waals surface area (Å²) >= 11 is 0. The van der Waals surface area contributed by atoms with Gasteiger partial charge in [0.15, 0.2) is 0 Å².